The van der Waals surface area contributed by atoms with Gasteiger partial charge in [0, 0.05) is 6.42 Å². The topological polar surface area (TPSA) is 17.1 Å². The van der Waals surface area contributed by atoms with Gasteiger partial charge in [-0.15, -0.1) is 0 Å². The van der Waals surface area contributed by atoms with Crippen LogP contribution in [0.15, 0.2) is 0 Å². The SMILES string of the molecule is CCCCCCC(=O)CSCCC. The first-order valence-electron chi connectivity index (χ1n) is 5.40. The zero-order valence-corrected chi connectivity index (χ0v) is 9.79. The number of hydrogen-bond acceptors (Lipinski definition) is 2. The molecule has 1 nitrogen and oxygen atoms in total. The molecule has 78 valence electrons. The normalized spacial score (nSPS) is 10.3. The maximum absolute atomic E-state index is 11.3. The Morgan fingerprint density at radius 3 is 2.46 bits per heavy atom. The van der Waals surface area contributed by atoms with E-state index in [1.54, 1.807) is 11.8 Å². The molecule has 13 heavy (non-hydrogen) atoms. The van der Waals surface area contributed by atoms with E-state index >= 15 is 0 Å². The fraction of sp³-hybridized carbons (Fsp3) is 0.909. The Bertz CT molecular complexity index is 123. The summed E-state index contributed by atoms with van der Waals surface area (Å²) in [4.78, 5) is 11.3. The Morgan fingerprint density at radius 2 is 1.85 bits per heavy atom. The Balaban J connectivity index is 3.11. The molecule has 0 radical (unpaired) electrons. The van der Waals surface area contributed by atoms with Crippen molar-refractivity contribution in [3.05, 3.63) is 0 Å². The van der Waals surface area contributed by atoms with Crippen molar-refractivity contribution in [3.8, 4) is 0 Å². The van der Waals surface area contributed by atoms with Crippen LogP contribution in [0, 0.1) is 0 Å². The molecule has 0 aromatic heterocycles. The number of thioether (sulfide) groups is 1. The predicted octanol–water partition coefficient (Wildman–Crippen LogP) is 3.67. The number of unbranched alkanes of at least 4 members (excludes halogenated alkanes) is 3. The lowest BCUT2D eigenvalue weighted by Gasteiger charge is -1.99. The first-order valence-corrected chi connectivity index (χ1v) is 6.56. The van der Waals surface area contributed by atoms with E-state index in [2.05, 4.69) is 13.8 Å². The summed E-state index contributed by atoms with van der Waals surface area (Å²) < 4.78 is 0. The Kier molecular flexibility index (Phi) is 10.1. The second-order valence-electron chi connectivity index (χ2n) is 3.40. The van der Waals surface area contributed by atoms with Crippen LogP contribution in [0.1, 0.15) is 52.4 Å². The molecule has 0 saturated carbocycles. The summed E-state index contributed by atoms with van der Waals surface area (Å²) in [5.41, 5.74) is 0. The molecule has 0 amide bonds. The summed E-state index contributed by atoms with van der Waals surface area (Å²) in [6, 6.07) is 0. The van der Waals surface area contributed by atoms with Crippen molar-refractivity contribution in [2.75, 3.05) is 11.5 Å². The highest BCUT2D eigenvalue weighted by atomic mass is 32.2. The highest BCUT2D eigenvalue weighted by Crippen LogP contribution is 2.07. The second-order valence-corrected chi connectivity index (χ2v) is 4.51. The molecule has 0 aromatic rings. The summed E-state index contributed by atoms with van der Waals surface area (Å²) in [6.07, 6.45) is 6.82. The molecule has 0 rings (SSSR count). The average molecular weight is 202 g/mol. The van der Waals surface area contributed by atoms with E-state index in [9.17, 15) is 4.79 Å². The van der Waals surface area contributed by atoms with Crippen LogP contribution in [-0.4, -0.2) is 17.3 Å². The van der Waals surface area contributed by atoms with E-state index in [4.69, 9.17) is 0 Å². The lowest BCUT2D eigenvalue weighted by molar-refractivity contribution is -0.116. The fourth-order valence-corrected chi connectivity index (χ4v) is 1.96. The molecule has 0 fully saturated rings. The summed E-state index contributed by atoms with van der Waals surface area (Å²) in [5.74, 6) is 2.30. The van der Waals surface area contributed by atoms with Crippen molar-refractivity contribution in [3.63, 3.8) is 0 Å². The predicted molar refractivity (Wildman–Crippen MR) is 61.4 cm³/mol. The molecule has 0 aliphatic heterocycles. The van der Waals surface area contributed by atoms with Crippen LogP contribution in [0.5, 0.6) is 0 Å². The van der Waals surface area contributed by atoms with Gasteiger partial charge in [0.1, 0.15) is 5.78 Å². The molecule has 2 heteroatoms. The molecule has 0 aromatic carbocycles. The van der Waals surface area contributed by atoms with Gasteiger partial charge in [-0.3, -0.25) is 4.79 Å². The number of hydrogen-bond donors (Lipinski definition) is 0. The zero-order chi connectivity index (χ0) is 9.94. The van der Waals surface area contributed by atoms with Gasteiger partial charge in [-0.2, -0.15) is 11.8 Å². The smallest absolute Gasteiger partial charge is 0.142 e. The van der Waals surface area contributed by atoms with Gasteiger partial charge in [-0.1, -0.05) is 33.1 Å². The highest BCUT2D eigenvalue weighted by molar-refractivity contribution is 7.99. The van der Waals surface area contributed by atoms with E-state index in [-0.39, 0.29) is 0 Å². The van der Waals surface area contributed by atoms with Gasteiger partial charge >= 0.3 is 0 Å². The minimum Gasteiger partial charge on any atom is -0.299 e. The molecule has 0 spiro atoms. The highest BCUT2D eigenvalue weighted by Gasteiger charge is 2.00. The fourth-order valence-electron chi connectivity index (χ4n) is 1.15. The summed E-state index contributed by atoms with van der Waals surface area (Å²) in [6.45, 7) is 4.34. The number of carbonyl (C=O) groups is 1. The van der Waals surface area contributed by atoms with Crippen molar-refractivity contribution < 1.29 is 4.79 Å². The van der Waals surface area contributed by atoms with Gasteiger partial charge in [-0.05, 0) is 18.6 Å². The van der Waals surface area contributed by atoms with Crippen LogP contribution in [0.4, 0.5) is 0 Å². The van der Waals surface area contributed by atoms with E-state index in [1.807, 2.05) is 0 Å². The number of ketones is 1. The molecule has 0 aliphatic rings. The molecule has 0 unspecified atom stereocenters. The second kappa shape index (κ2) is 10.1. The third-order valence-corrected chi connectivity index (χ3v) is 3.14. The van der Waals surface area contributed by atoms with Gasteiger partial charge < -0.3 is 0 Å². The Labute approximate surface area is 86.7 Å². The van der Waals surface area contributed by atoms with Gasteiger partial charge in [-0.25, -0.2) is 0 Å². The lowest BCUT2D eigenvalue weighted by atomic mass is 10.1. The third-order valence-electron chi connectivity index (χ3n) is 1.92. The van der Waals surface area contributed by atoms with Gasteiger partial charge in [0.2, 0.25) is 0 Å². The van der Waals surface area contributed by atoms with Crippen LogP contribution >= 0.6 is 11.8 Å². The van der Waals surface area contributed by atoms with Crippen LogP contribution < -0.4 is 0 Å². The van der Waals surface area contributed by atoms with E-state index in [0.717, 1.165) is 24.3 Å². The first-order chi connectivity index (χ1) is 6.31. The van der Waals surface area contributed by atoms with Crippen molar-refractivity contribution in [2.45, 2.75) is 52.4 Å². The molecular formula is C11H22OS. The third kappa shape index (κ3) is 9.94. The molecule has 0 heterocycles. The van der Waals surface area contributed by atoms with Crippen LogP contribution in [0.3, 0.4) is 0 Å². The number of carbonyl (C=O) groups excluding carboxylic acids is 1. The van der Waals surface area contributed by atoms with Crippen molar-refractivity contribution in [2.24, 2.45) is 0 Å². The van der Waals surface area contributed by atoms with E-state index in [1.165, 1.54) is 25.7 Å². The monoisotopic (exact) mass is 202 g/mol. The molecule has 0 N–H and O–H groups in total. The molecule has 0 aliphatic carbocycles. The van der Waals surface area contributed by atoms with Crippen LogP contribution in [0.2, 0.25) is 0 Å². The van der Waals surface area contributed by atoms with Crippen molar-refractivity contribution >= 4 is 17.5 Å². The minimum absolute atomic E-state index is 0.439. The quantitative estimate of drug-likeness (QED) is 0.531. The van der Waals surface area contributed by atoms with Crippen molar-refractivity contribution in [1.82, 2.24) is 0 Å². The maximum Gasteiger partial charge on any atom is 0.142 e. The first kappa shape index (κ1) is 13.0. The van der Waals surface area contributed by atoms with Gasteiger partial charge in [0.15, 0.2) is 0 Å². The number of rotatable bonds is 9. The van der Waals surface area contributed by atoms with Crippen LogP contribution in [0.25, 0.3) is 0 Å². The van der Waals surface area contributed by atoms with Gasteiger partial charge in [0.05, 0.1) is 5.75 Å². The standard InChI is InChI=1S/C11H22OS/c1-3-5-6-7-8-11(12)10-13-9-4-2/h3-10H2,1-2H3. The zero-order valence-electron chi connectivity index (χ0n) is 8.97. The maximum atomic E-state index is 11.3. The molecule has 0 bridgehead atoms. The Hall–Kier alpha value is 0.0200. The molecule has 0 saturated heterocycles. The van der Waals surface area contributed by atoms with Crippen LogP contribution in [-0.2, 0) is 4.79 Å². The summed E-state index contributed by atoms with van der Waals surface area (Å²) >= 11 is 1.78. The lowest BCUT2D eigenvalue weighted by Crippen LogP contribution is -2.01. The summed E-state index contributed by atoms with van der Waals surface area (Å²) in [5, 5.41) is 0. The van der Waals surface area contributed by atoms with E-state index in [0.29, 0.717) is 5.78 Å². The largest absolute Gasteiger partial charge is 0.299 e. The molecular weight excluding hydrogens is 180 g/mol. The number of Topliss-reactive ketones (excluding diaryl/α,β-unsaturated/α-hetero) is 1. The average Bonchev–Trinajstić information content (AvgIpc) is 2.13. The van der Waals surface area contributed by atoms with Gasteiger partial charge in [0.25, 0.3) is 0 Å². The molecule has 0 atom stereocenters. The minimum atomic E-state index is 0.439. The van der Waals surface area contributed by atoms with E-state index < -0.39 is 0 Å². The Morgan fingerprint density at radius 1 is 1.08 bits per heavy atom. The summed E-state index contributed by atoms with van der Waals surface area (Å²) in [7, 11) is 0. The van der Waals surface area contributed by atoms with Crippen molar-refractivity contribution in [1.29, 1.82) is 0 Å².